The third kappa shape index (κ3) is 3.37. The van der Waals surface area contributed by atoms with Crippen molar-refractivity contribution in [3.8, 4) is 0 Å². The summed E-state index contributed by atoms with van der Waals surface area (Å²) in [5.41, 5.74) is 1.20. The van der Waals surface area contributed by atoms with Gasteiger partial charge in [0.1, 0.15) is 4.49 Å². The van der Waals surface area contributed by atoms with Gasteiger partial charge in [-0.2, -0.15) is 0 Å². The van der Waals surface area contributed by atoms with Gasteiger partial charge in [0.2, 0.25) is 0 Å². The van der Waals surface area contributed by atoms with E-state index in [1.54, 1.807) is 0 Å². The fourth-order valence-electron chi connectivity index (χ4n) is 6.73. The first kappa shape index (κ1) is 21.3. The van der Waals surface area contributed by atoms with E-state index in [1.165, 1.54) is 5.57 Å². The summed E-state index contributed by atoms with van der Waals surface area (Å²) in [7, 11) is 0. The molecule has 26 heavy (non-hydrogen) atoms. The van der Waals surface area contributed by atoms with E-state index in [4.69, 9.17) is 27.4 Å². The molecule has 0 bridgehead atoms. The average Bonchev–Trinajstić information content (AvgIpc) is 2.98. The summed E-state index contributed by atoms with van der Waals surface area (Å²) in [5.74, 6) is 1.22. The Balaban J connectivity index is 1.89. The Hall–Kier alpha value is 0.550. The monoisotopic (exact) mass is 422 g/mol. The number of aliphatic hydroxyl groups is 2. The van der Waals surface area contributed by atoms with Crippen LogP contribution in [0, 0.1) is 34.5 Å². The molecule has 0 saturated heterocycles. The topological polar surface area (TPSA) is 49.7 Å². The van der Waals surface area contributed by atoms with Crippen LogP contribution in [0.3, 0.4) is 0 Å². The Bertz CT molecular complexity index is 553. The summed E-state index contributed by atoms with van der Waals surface area (Å²) in [6.45, 7) is 4.96. The molecule has 3 rings (SSSR count). The van der Waals surface area contributed by atoms with Gasteiger partial charge in [0, 0.05) is 13.2 Å². The van der Waals surface area contributed by atoms with E-state index in [-0.39, 0.29) is 42.0 Å². The highest BCUT2D eigenvalue weighted by Gasteiger charge is 2.57. The van der Waals surface area contributed by atoms with Crippen molar-refractivity contribution in [1.29, 1.82) is 0 Å². The zero-order valence-electron chi connectivity index (χ0n) is 15.8. The van der Waals surface area contributed by atoms with E-state index < -0.39 is 0 Å². The molecule has 3 aliphatic carbocycles. The highest BCUT2D eigenvalue weighted by Crippen LogP contribution is 2.64. The molecule has 0 radical (unpaired) electrons. The van der Waals surface area contributed by atoms with Crippen LogP contribution in [-0.4, -0.2) is 29.5 Å². The predicted octanol–water partition coefficient (Wildman–Crippen LogP) is 5.14. The molecule has 0 aromatic rings. The third-order valence-electron chi connectivity index (χ3n) is 8.36. The first-order valence-corrected chi connectivity index (χ1v) is 11.0. The van der Waals surface area contributed by atoms with Crippen molar-refractivity contribution in [3.05, 3.63) is 10.1 Å². The second-order valence-electron chi connectivity index (χ2n) is 9.18. The van der Waals surface area contributed by atoms with Crippen LogP contribution in [-0.2, 0) is 4.18 Å². The van der Waals surface area contributed by atoms with Crippen molar-refractivity contribution in [1.82, 2.24) is 0 Å². The van der Waals surface area contributed by atoms with Gasteiger partial charge in [-0.1, -0.05) is 37.0 Å². The molecule has 0 spiro atoms. The summed E-state index contributed by atoms with van der Waals surface area (Å²) >= 11 is 16.4. The molecule has 0 amide bonds. The van der Waals surface area contributed by atoms with Crippen LogP contribution in [0.5, 0.6) is 0 Å². The van der Waals surface area contributed by atoms with Crippen molar-refractivity contribution in [2.24, 2.45) is 34.5 Å². The van der Waals surface area contributed by atoms with Gasteiger partial charge in [0.05, 0.1) is 6.10 Å². The molecular weight excluding hydrogens is 391 g/mol. The van der Waals surface area contributed by atoms with Gasteiger partial charge in [0.25, 0.3) is 0 Å². The Morgan fingerprint density at radius 1 is 1.12 bits per heavy atom. The number of allylic oxidation sites excluding steroid dienone is 1. The fourth-order valence-corrected chi connectivity index (χ4v) is 7.54. The van der Waals surface area contributed by atoms with Gasteiger partial charge in [-0.05, 0) is 97.9 Å². The molecule has 7 atom stereocenters. The van der Waals surface area contributed by atoms with Crippen LogP contribution >= 0.6 is 36.1 Å². The van der Waals surface area contributed by atoms with Gasteiger partial charge in [0.15, 0.2) is 0 Å². The maximum absolute atomic E-state index is 10.4. The Morgan fingerprint density at radius 3 is 2.42 bits per heavy atom. The molecule has 150 valence electrons. The number of fused-ring (bicyclic) bond motifs is 1. The van der Waals surface area contributed by atoms with Gasteiger partial charge in [-0.3, -0.25) is 0 Å². The molecule has 0 heterocycles. The molecule has 3 saturated carbocycles. The van der Waals surface area contributed by atoms with Crippen molar-refractivity contribution in [2.75, 3.05) is 13.2 Å². The van der Waals surface area contributed by atoms with E-state index in [0.717, 1.165) is 44.9 Å². The molecular formula is C20H32Cl2O3S. The SMILES string of the molecule is C[C@]12CCC([C@@]3(C)CC[C@H](OS)C[C@@H]3CO)[C@@H](CO)C1CCC2=C(Cl)Cl. The van der Waals surface area contributed by atoms with Crippen LogP contribution in [0.2, 0.25) is 0 Å². The largest absolute Gasteiger partial charge is 0.396 e. The highest BCUT2D eigenvalue weighted by molar-refractivity contribution is 7.75. The summed E-state index contributed by atoms with van der Waals surface area (Å²) in [4.78, 5) is 0. The lowest BCUT2D eigenvalue weighted by Gasteiger charge is -2.56. The van der Waals surface area contributed by atoms with Crippen molar-refractivity contribution < 1.29 is 14.4 Å². The molecule has 3 fully saturated rings. The lowest BCUT2D eigenvalue weighted by Crippen LogP contribution is -2.52. The molecule has 3 nitrogen and oxygen atoms in total. The number of rotatable bonds is 4. The number of halogens is 2. The molecule has 0 aliphatic heterocycles. The molecule has 0 aromatic heterocycles. The van der Waals surface area contributed by atoms with Crippen molar-refractivity contribution >= 4 is 36.1 Å². The average molecular weight is 423 g/mol. The maximum atomic E-state index is 10.4. The minimum Gasteiger partial charge on any atom is -0.396 e. The summed E-state index contributed by atoms with van der Waals surface area (Å²) in [5, 5.41) is 20.5. The Morgan fingerprint density at radius 2 is 1.85 bits per heavy atom. The van der Waals surface area contributed by atoms with Crippen LogP contribution in [0.15, 0.2) is 10.1 Å². The molecule has 2 unspecified atom stereocenters. The van der Waals surface area contributed by atoms with E-state index in [0.29, 0.717) is 16.3 Å². The minimum atomic E-state index is -0.000781. The van der Waals surface area contributed by atoms with Gasteiger partial charge in [-0.25, -0.2) is 0 Å². The Kier molecular flexibility index (Phi) is 6.64. The fraction of sp³-hybridized carbons (Fsp3) is 0.900. The first-order valence-electron chi connectivity index (χ1n) is 9.88. The van der Waals surface area contributed by atoms with Crippen LogP contribution in [0.4, 0.5) is 0 Å². The standard InChI is InChI=1S/C20H32Cl2O3S/c1-19(7-5-13(25-26)9-12(19)10-23)16-6-8-20(2)15(14(16)11-24)3-4-17(20)18(21)22/h12-16,23-24,26H,3-11H2,1-2H3/t12-,13+,14+,15?,16?,19+,20+/m1/s1. The zero-order valence-corrected chi connectivity index (χ0v) is 18.2. The third-order valence-corrected chi connectivity index (χ3v) is 9.12. The highest BCUT2D eigenvalue weighted by atomic mass is 35.5. The number of hydrogen-bond donors (Lipinski definition) is 3. The zero-order chi connectivity index (χ0) is 19.1. The lowest BCUT2D eigenvalue weighted by atomic mass is 9.49. The van der Waals surface area contributed by atoms with Crippen molar-refractivity contribution in [3.63, 3.8) is 0 Å². The van der Waals surface area contributed by atoms with Crippen LogP contribution in [0.25, 0.3) is 0 Å². The summed E-state index contributed by atoms with van der Waals surface area (Å²) in [6.07, 6.45) is 6.99. The lowest BCUT2D eigenvalue weighted by molar-refractivity contribution is -0.0995. The van der Waals surface area contributed by atoms with E-state index in [1.807, 2.05) is 0 Å². The van der Waals surface area contributed by atoms with E-state index in [9.17, 15) is 10.2 Å². The van der Waals surface area contributed by atoms with Gasteiger partial charge in [-0.15, -0.1) is 0 Å². The second-order valence-corrected chi connectivity index (χ2v) is 10.3. The Labute approximate surface area is 173 Å². The van der Waals surface area contributed by atoms with Crippen LogP contribution < -0.4 is 0 Å². The maximum Gasteiger partial charge on any atom is 0.106 e. The van der Waals surface area contributed by atoms with Crippen molar-refractivity contribution in [2.45, 2.75) is 64.9 Å². The second kappa shape index (κ2) is 8.12. The van der Waals surface area contributed by atoms with Gasteiger partial charge < -0.3 is 14.4 Å². The number of hydrogen-bond acceptors (Lipinski definition) is 4. The number of aliphatic hydroxyl groups excluding tert-OH is 2. The minimum absolute atomic E-state index is 0.000781. The predicted molar refractivity (Wildman–Crippen MR) is 109 cm³/mol. The van der Waals surface area contributed by atoms with E-state index in [2.05, 4.69) is 26.8 Å². The molecule has 3 aliphatic rings. The molecule has 0 aromatic carbocycles. The summed E-state index contributed by atoms with van der Waals surface area (Å²) in [6, 6.07) is 0. The van der Waals surface area contributed by atoms with Crippen LogP contribution in [0.1, 0.15) is 58.8 Å². The summed E-state index contributed by atoms with van der Waals surface area (Å²) < 4.78 is 5.71. The smallest absolute Gasteiger partial charge is 0.106 e. The first-order chi connectivity index (χ1) is 12.3. The molecule has 6 heteroatoms. The van der Waals surface area contributed by atoms with Gasteiger partial charge >= 0.3 is 0 Å². The normalized spacial score (nSPS) is 46.3. The van der Waals surface area contributed by atoms with E-state index >= 15 is 0 Å². The molecule has 2 N–H and O–H groups in total. The quantitative estimate of drug-likeness (QED) is 0.434. The number of thiol groups is 1.